The monoisotopic (exact) mass is 259 g/mol. The summed E-state index contributed by atoms with van der Waals surface area (Å²) >= 11 is 5.60. The van der Waals surface area contributed by atoms with Crippen LogP contribution in [0.3, 0.4) is 0 Å². The third-order valence-electron chi connectivity index (χ3n) is 2.48. The molecule has 1 unspecified atom stereocenters. The zero-order valence-corrected chi connectivity index (χ0v) is 10.3. The van der Waals surface area contributed by atoms with Gasteiger partial charge in [0.25, 0.3) is 5.91 Å². The topological polar surface area (TPSA) is 49.3 Å². The van der Waals surface area contributed by atoms with Gasteiger partial charge in [-0.1, -0.05) is 18.5 Å². The number of aliphatic hydroxyl groups excluding tert-OH is 1. The minimum absolute atomic E-state index is 0.0120. The highest BCUT2D eigenvalue weighted by Gasteiger charge is 2.15. The Hall–Kier alpha value is -1.13. The summed E-state index contributed by atoms with van der Waals surface area (Å²) in [6.45, 7) is 1.88. The Balaban J connectivity index is 2.75. The molecule has 2 N–H and O–H groups in total. The lowest BCUT2D eigenvalue weighted by Crippen LogP contribution is -2.35. The number of hydrogen-bond donors (Lipinski definition) is 2. The fraction of sp³-hybridized carbons (Fsp3) is 0.417. The van der Waals surface area contributed by atoms with Gasteiger partial charge in [-0.05, 0) is 31.0 Å². The number of benzene rings is 1. The van der Waals surface area contributed by atoms with Crippen molar-refractivity contribution in [2.24, 2.45) is 0 Å². The summed E-state index contributed by atoms with van der Waals surface area (Å²) in [6.07, 6.45) is 1.14. The van der Waals surface area contributed by atoms with Gasteiger partial charge in [0.2, 0.25) is 0 Å². The van der Waals surface area contributed by atoms with Gasteiger partial charge in [0, 0.05) is 17.7 Å². The summed E-state index contributed by atoms with van der Waals surface area (Å²) in [7, 11) is 0. The summed E-state index contributed by atoms with van der Waals surface area (Å²) in [6, 6.07) is 3.76. The smallest absolute Gasteiger partial charge is 0.254 e. The van der Waals surface area contributed by atoms with Gasteiger partial charge in [-0.3, -0.25) is 4.79 Å². The van der Waals surface area contributed by atoms with Gasteiger partial charge in [-0.25, -0.2) is 4.39 Å². The summed E-state index contributed by atoms with van der Waals surface area (Å²) < 4.78 is 13.4. The zero-order valence-electron chi connectivity index (χ0n) is 9.54. The Bertz CT molecular complexity index is 398. The van der Waals surface area contributed by atoms with Gasteiger partial charge in [-0.2, -0.15) is 0 Å². The molecule has 0 spiro atoms. The summed E-state index contributed by atoms with van der Waals surface area (Å²) in [5.41, 5.74) is -0.0363. The quantitative estimate of drug-likeness (QED) is 0.853. The van der Waals surface area contributed by atoms with Crippen LogP contribution in [-0.4, -0.2) is 23.7 Å². The van der Waals surface area contributed by atoms with Crippen LogP contribution in [0.2, 0.25) is 5.02 Å². The molecule has 17 heavy (non-hydrogen) atoms. The van der Waals surface area contributed by atoms with Crippen LogP contribution in [0, 0.1) is 5.82 Å². The van der Waals surface area contributed by atoms with Gasteiger partial charge >= 0.3 is 0 Å². The van der Waals surface area contributed by atoms with E-state index in [9.17, 15) is 9.18 Å². The number of aliphatic hydroxyl groups is 1. The molecule has 0 radical (unpaired) electrons. The third kappa shape index (κ3) is 3.98. The molecule has 94 valence electrons. The maximum absolute atomic E-state index is 13.4. The van der Waals surface area contributed by atoms with Crippen LogP contribution in [0.5, 0.6) is 0 Å². The van der Waals surface area contributed by atoms with Crippen LogP contribution in [0.25, 0.3) is 0 Å². The predicted octanol–water partition coefficient (Wildman–Crippen LogP) is 2.37. The molecule has 1 aromatic rings. The highest BCUT2D eigenvalue weighted by Crippen LogP contribution is 2.14. The molecule has 0 aromatic heterocycles. The number of carbonyl (C=O) groups is 1. The largest absolute Gasteiger partial charge is 0.396 e. The second-order valence-electron chi connectivity index (χ2n) is 3.72. The number of carbonyl (C=O) groups excluding carboxylic acids is 1. The second kappa shape index (κ2) is 6.57. The highest BCUT2D eigenvalue weighted by molar-refractivity contribution is 6.30. The molecule has 0 heterocycles. The van der Waals surface area contributed by atoms with Crippen molar-refractivity contribution >= 4 is 17.5 Å². The van der Waals surface area contributed by atoms with Crippen molar-refractivity contribution in [2.45, 2.75) is 25.8 Å². The summed E-state index contributed by atoms with van der Waals surface area (Å²) in [4.78, 5) is 11.7. The van der Waals surface area contributed by atoms with Crippen molar-refractivity contribution in [1.82, 2.24) is 5.32 Å². The van der Waals surface area contributed by atoms with E-state index in [0.29, 0.717) is 12.8 Å². The molecule has 0 aliphatic heterocycles. The lowest BCUT2D eigenvalue weighted by atomic mass is 10.1. The number of halogens is 2. The lowest BCUT2D eigenvalue weighted by molar-refractivity contribution is 0.0925. The van der Waals surface area contributed by atoms with Gasteiger partial charge in [-0.15, -0.1) is 0 Å². The Morgan fingerprint density at radius 1 is 1.59 bits per heavy atom. The molecule has 0 aliphatic rings. The first-order valence-corrected chi connectivity index (χ1v) is 5.83. The van der Waals surface area contributed by atoms with Crippen LogP contribution in [0.1, 0.15) is 30.1 Å². The molecule has 5 heteroatoms. The normalized spacial score (nSPS) is 12.2. The average molecular weight is 260 g/mol. The molecule has 0 saturated heterocycles. The van der Waals surface area contributed by atoms with E-state index in [0.717, 1.165) is 6.07 Å². The molecule has 3 nitrogen and oxygen atoms in total. The van der Waals surface area contributed by atoms with Crippen molar-refractivity contribution in [1.29, 1.82) is 0 Å². The van der Waals surface area contributed by atoms with Crippen LogP contribution in [0.4, 0.5) is 4.39 Å². The predicted molar refractivity (Wildman–Crippen MR) is 64.7 cm³/mol. The fourth-order valence-electron chi connectivity index (χ4n) is 1.47. The summed E-state index contributed by atoms with van der Waals surface area (Å²) in [5, 5.41) is 11.7. The molecular formula is C12H15ClFNO2. The van der Waals surface area contributed by atoms with E-state index in [1.165, 1.54) is 12.1 Å². The van der Waals surface area contributed by atoms with Crippen molar-refractivity contribution in [3.63, 3.8) is 0 Å². The van der Waals surface area contributed by atoms with E-state index < -0.39 is 11.7 Å². The molecule has 0 fully saturated rings. The number of hydrogen-bond acceptors (Lipinski definition) is 2. The van der Waals surface area contributed by atoms with Crippen LogP contribution in [0.15, 0.2) is 18.2 Å². The second-order valence-corrected chi connectivity index (χ2v) is 4.15. The standard InChI is InChI=1S/C12H15ClFNO2/c1-2-9(5-6-16)15-12(17)10-4-3-8(13)7-11(10)14/h3-4,7,9,16H,2,5-6H2,1H3,(H,15,17). The van der Waals surface area contributed by atoms with Crippen molar-refractivity contribution in [2.75, 3.05) is 6.61 Å². The fourth-order valence-corrected chi connectivity index (χ4v) is 1.63. The molecule has 1 amide bonds. The molecule has 0 aliphatic carbocycles. The molecular weight excluding hydrogens is 245 g/mol. The maximum atomic E-state index is 13.4. The average Bonchev–Trinajstić information content (AvgIpc) is 2.28. The first-order valence-electron chi connectivity index (χ1n) is 5.45. The number of rotatable bonds is 5. The van der Waals surface area contributed by atoms with Crippen LogP contribution < -0.4 is 5.32 Å². The lowest BCUT2D eigenvalue weighted by Gasteiger charge is -2.15. The minimum Gasteiger partial charge on any atom is -0.396 e. The van der Waals surface area contributed by atoms with E-state index in [4.69, 9.17) is 16.7 Å². The van der Waals surface area contributed by atoms with Crippen molar-refractivity contribution in [3.05, 3.63) is 34.6 Å². The molecule has 1 aromatic carbocycles. The summed E-state index contributed by atoms with van der Waals surface area (Å²) in [5.74, 6) is -1.13. The van der Waals surface area contributed by atoms with E-state index in [1.54, 1.807) is 0 Å². The van der Waals surface area contributed by atoms with Gasteiger partial charge in [0.1, 0.15) is 5.82 Å². The molecule has 0 bridgehead atoms. The van der Waals surface area contributed by atoms with Gasteiger partial charge < -0.3 is 10.4 Å². The van der Waals surface area contributed by atoms with E-state index in [-0.39, 0.29) is 23.2 Å². The van der Waals surface area contributed by atoms with Crippen LogP contribution in [-0.2, 0) is 0 Å². The van der Waals surface area contributed by atoms with Gasteiger partial charge in [0.15, 0.2) is 0 Å². The first kappa shape index (κ1) is 13.9. The minimum atomic E-state index is -0.645. The zero-order chi connectivity index (χ0) is 12.8. The Morgan fingerprint density at radius 3 is 2.82 bits per heavy atom. The molecule has 1 atom stereocenters. The Kier molecular flexibility index (Phi) is 5.38. The maximum Gasteiger partial charge on any atom is 0.254 e. The van der Waals surface area contributed by atoms with E-state index >= 15 is 0 Å². The van der Waals surface area contributed by atoms with Gasteiger partial charge in [0.05, 0.1) is 5.56 Å². The number of nitrogens with one attached hydrogen (secondary N) is 1. The SMILES string of the molecule is CCC(CCO)NC(=O)c1ccc(Cl)cc1F. The van der Waals surface area contributed by atoms with E-state index in [1.807, 2.05) is 6.92 Å². The van der Waals surface area contributed by atoms with Crippen LogP contribution >= 0.6 is 11.6 Å². The van der Waals surface area contributed by atoms with E-state index in [2.05, 4.69) is 5.32 Å². The van der Waals surface area contributed by atoms with Crippen molar-refractivity contribution < 1.29 is 14.3 Å². The Labute approximate surface area is 105 Å². The third-order valence-corrected chi connectivity index (χ3v) is 2.72. The first-order chi connectivity index (χ1) is 8.08. The number of amides is 1. The highest BCUT2D eigenvalue weighted by atomic mass is 35.5. The molecule has 0 saturated carbocycles. The van der Waals surface area contributed by atoms with Crippen molar-refractivity contribution in [3.8, 4) is 0 Å². The molecule has 1 rings (SSSR count). The Morgan fingerprint density at radius 2 is 2.29 bits per heavy atom.